The first kappa shape index (κ1) is 12.5. The maximum Gasteiger partial charge on any atom is 0.121 e. The molecule has 4 nitrogen and oxygen atoms in total. The molecule has 4 heteroatoms. The Kier molecular flexibility index (Phi) is 3.87. The van der Waals surface area contributed by atoms with E-state index in [9.17, 15) is 0 Å². The van der Waals surface area contributed by atoms with Gasteiger partial charge in [0.1, 0.15) is 11.6 Å². The Bertz CT molecular complexity index is 520. The summed E-state index contributed by atoms with van der Waals surface area (Å²) in [5.41, 5.74) is 7.71. The van der Waals surface area contributed by atoms with Crippen molar-refractivity contribution in [3.05, 3.63) is 42.0 Å². The number of nitrogens with zero attached hydrogens (tertiary/aromatic N) is 2. The van der Waals surface area contributed by atoms with Crippen LogP contribution >= 0.6 is 0 Å². The minimum atomic E-state index is 0.724. The number of hydrogen-bond donors (Lipinski definition) is 1. The molecule has 0 saturated carbocycles. The first-order chi connectivity index (χ1) is 8.72. The number of imidazole rings is 1. The van der Waals surface area contributed by atoms with E-state index in [2.05, 4.69) is 16.5 Å². The normalized spacial score (nSPS) is 10.6. The molecule has 0 aliphatic heterocycles. The number of benzene rings is 1. The fraction of sp³-hybridized carbons (Fsp3) is 0.357. The zero-order valence-corrected chi connectivity index (χ0v) is 10.9. The maximum absolute atomic E-state index is 5.86. The van der Waals surface area contributed by atoms with Gasteiger partial charge in [-0.15, -0.1) is 0 Å². The van der Waals surface area contributed by atoms with E-state index in [1.54, 1.807) is 7.11 Å². The van der Waals surface area contributed by atoms with Crippen molar-refractivity contribution < 1.29 is 4.74 Å². The van der Waals surface area contributed by atoms with Gasteiger partial charge in [0.25, 0.3) is 0 Å². The van der Waals surface area contributed by atoms with Crippen molar-refractivity contribution in [2.45, 2.75) is 26.3 Å². The molecule has 0 spiro atoms. The van der Waals surface area contributed by atoms with Crippen LogP contribution in [-0.2, 0) is 13.0 Å². The molecule has 0 aliphatic carbocycles. The van der Waals surface area contributed by atoms with Crippen LogP contribution in [0, 0.1) is 0 Å². The largest absolute Gasteiger partial charge is 0.497 e. The van der Waals surface area contributed by atoms with Crippen molar-refractivity contribution in [1.29, 1.82) is 0 Å². The minimum Gasteiger partial charge on any atom is -0.497 e. The smallest absolute Gasteiger partial charge is 0.121 e. The molecule has 96 valence electrons. The maximum atomic E-state index is 5.86. The van der Waals surface area contributed by atoms with Crippen LogP contribution in [0.1, 0.15) is 24.7 Å². The lowest BCUT2D eigenvalue weighted by atomic mass is 10.2. The summed E-state index contributed by atoms with van der Waals surface area (Å²) in [7, 11) is 1.65. The van der Waals surface area contributed by atoms with E-state index in [0.717, 1.165) is 42.2 Å². The standard InChI is InChI=1S/C14H19N3O/c1-3-4-14-16-5-6-17(14)10-11-7-12(15)9-13(8-11)18-2/h5-9H,3-4,10,15H2,1-2H3. The van der Waals surface area contributed by atoms with Crippen LogP contribution in [0.15, 0.2) is 30.6 Å². The van der Waals surface area contributed by atoms with E-state index in [-0.39, 0.29) is 0 Å². The molecule has 2 rings (SSSR count). The third-order valence-electron chi connectivity index (χ3n) is 2.85. The molecule has 0 fully saturated rings. The number of ether oxygens (including phenoxy) is 1. The van der Waals surface area contributed by atoms with Crippen LogP contribution in [0.4, 0.5) is 5.69 Å². The second kappa shape index (κ2) is 5.58. The average molecular weight is 245 g/mol. The average Bonchev–Trinajstić information content (AvgIpc) is 2.76. The molecular formula is C14H19N3O. The minimum absolute atomic E-state index is 0.724. The van der Waals surface area contributed by atoms with Crippen LogP contribution in [-0.4, -0.2) is 16.7 Å². The van der Waals surface area contributed by atoms with Gasteiger partial charge < -0.3 is 15.0 Å². The van der Waals surface area contributed by atoms with Gasteiger partial charge in [-0.1, -0.05) is 6.92 Å². The highest BCUT2D eigenvalue weighted by atomic mass is 16.5. The van der Waals surface area contributed by atoms with Crippen LogP contribution < -0.4 is 10.5 Å². The molecule has 0 atom stereocenters. The predicted octanol–water partition coefficient (Wildman–Crippen LogP) is 2.47. The summed E-state index contributed by atoms with van der Waals surface area (Å²) in [5, 5.41) is 0. The van der Waals surface area contributed by atoms with Gasteiger partial charge in [0.15, 0.2) is 0 Å². The lowest BCUT2D eigenvalue weighted by Crippen LogP contribution is -2.05. The fourth-order valence-corrected chi connectivity index (χ4v) is 2.03. The third-order valence-corrected chi connectivity index (χ3v) is 2.85. The fourth-order valence-electron chi connectivity index (χ4n) is 2.03. The van der Waals surface area contributed by atoms with Crippen LogP contribution in [0.2, 0.25) is 0 Å². The van der Waals surface area contributed by atoms with E-state index >= 15 is 0 Å². The second-order valence-electron chi connectivity index (χ2n) is 4.34. The van der Waals surface area contributed by atoms with Gasteiger partial charge in [0, 0.05) is 37.1 Å². The third kappa shape index (κ3) is 2.83. The van der Waals surface area contributed by atoms with E-state index in [4.69, 9.17) is 10.5 Å². The van der Waals surface area contributed by atoms with Crippen molar-refractivity contribution >= 4 is 5.69 Å². The lowest BCUT2D eigenvalue weighted by Gasteiger charge is -2.10. The summed E-state index contributed by atoms with van der Waals surface area (Å²) in [5.74, 6) is 1.90. The number of nitrogens with two attached hydrogens (primary N) is 1. The molecule has 0 aliphatic rings. The zero-order valence-electron chi connectivity index (χ0n) is 10.9. The van der Waals surface area contributed by atoms with Gasteiger partial charge in [-0.25, -0.2) is 4.98 Å². The summed E-state index contributed by atoms with van der Waals surface area (Å²) in [6.07, 6.45) is 5.93. The molecule has 0 amide bonds. The van der Waals surface area contributed by atoms with E-state index in [1.165, 1.54) is 0 Å². The van der Waals surface area contributed by atoms with E-state index in [1.807, 2.05) is 30.6 Å². The molecule has 2 aromatic rings. The Hall–Kier alpha value is -1.97. The Morgan fingerprint density at radius 1 is 1.33 bits per heavy atom. The summed E-state index contributed by atoms with van der Waals surface area (Å²) in [6, 6.07) is 5.80. The molecule has 2 N–H and O–H groups in total. The van der Waals surface area contributed by atoms with Crippen molar-refractivity contribution in [1.82, 2.24) is 9.55 Å². The van der Waals surface area contributed by atoms with Gasteiger partial charge in [0.2, 0.25) is 0 Å². The number of methoxy groups -OCH3 is 1. The summed E-state index contributed by atoms with van der Waals surface area (Å²) >= 11 is 0. The summed E-state index contributed by atoms with van der Waals surface area (Å²) < 4.78 is 7.38. The number of hydrogen-bond acceptors (Lipinski definition) is 3. The van der Waals surface area contributed by atoms with Crippen molar-refractivity contribution in [2.24, 2.45) is 0 Å². The van der Waals surface area contributed by atoms with Gasteiger partial charge in [-0.05, 0) is 24.1 Å². The van der Waals surface area contributed by atoms with Crippen LogP contribution in [0.25, 0.3) is 0 Å². The molecule has 1 aromatic carbocycles. The van der Waals surface area contributed by atoms with Gasteiger partial charge in [-0.3, -0.25) is 0 Å². The summed E-state index contributed by atoms with van der Waals surface area (Å²) in [4.78, 5) is 4.37. The van der Waals surface area contributed by atoms with E-state index in [0.29, 0.717) is 0 Å². The number of aryl methyl sites for hydroxylation is 1. The second-order valence-corrected chi connectivity index (χ2v) is 4.34. The summed E-state index contributed by atoms with van der Waals surface area (Å²) in [6.45, 7) is 2.93. The first-order valence-electron chi connectivity index (χ1n) is 6.16. The lowest BCUT2D eigenvalue weighted by molar-refractivity contribution is 0.414. The quantitative estimate of drug-likeness (QED) is 0.823. The highest BCUT2D eigenvalue weighted by Crippen LogP contribution is 2.19. The predicted molar refractivity (Wildman–Crippen MR) is 72.7 cm³/mol. The highest BCUT2D eigenvalue weighted by molar-refractivity contribution is 5.47. The molecule has 0 radical (unpaired) electrons. The van der Waals surface area contributed by atoms with Crippen LogP contribution in [0.3, 0.4) is 0 Å². The topological polar surface area (TPSA) is 53.1 Å². The Balaban J connectivity index is 2.22. The Morgan fingerprint density at radius 3 is 2.89 bits per heavy atom. The van der Waals surface area contributed by atoms with Crippen molar-refractivity contribution in [3.8, 4) is 5.75 Å². The van der Waals surface area contributed by atoms with E-state index < -0.39 is 0 Å². The van der Waals surface area contributed by atoms with Gasteiger partial charge in [-0.2, -0.15) is 0 Å². The molecule has 0 unspecified atom stereocenters. The monoisotopic (exact) mass is 245 g/mol. The van der Waals surface area contributed by atoms with Gasteiger partial charge in [0.05, 0.1) is 7.11 Å². The number of nitrogen functional groups attached to an aromatic ring is 1. The zero-order chi connectivity index (χ0) is 13.0. The number of anilines is 1. The SMILES string of the molecule is CCCc1nccn1Cc1cc(N)cc(OC)c1. The molecule has 0 saturated heterocycles. The Morgan fingerprint density at radius 2 is 2.17 bits per heavy atom. The number of aromatic nitrogens is 2. The van der Waals surface area contributed by atoms with Crippen molar-refractivity contribution in [3.63, 3.8) is 0 Å². The first-order valence-corrected chi connectivity index (χ1v) is 6.16. The molecule has 0 bridgehead atoms. The highest BCUT2D eigenvalue weighted by Gasteiger charge is 2.04. The Labute approximate surface area is 107 Å². The molecule has 18 heavy (non-hydrogen) atoms. The van der Waals surface area contributed by atoms with Gasteiger partial charge >= 0.3 is 0 Å². The van der Waals surface area contributed by atoms with Crippen LogP contribution in [0.5, 0.6) is 5.75 Å². The molecule has 1 aromatic heterocycles. The van der Waals surface area contributed by atoms with Crippen molar-refractivity contribution in [2.75, 3.05) is 12.8 Å². The molecule has 1 heterocycles. The molecular weight excluding hydrogens is 226 g/mol. The number of rotatable bonds is 5.